The van der Waals surface area contributed by atoms with Crippen molar-refractivity contribution >= 4 is 5.97 Å². The van der Waals surface area contributed by atoms with Crippen LogP contribution in [0.4, 0.5) is 0 Å². The van der Waals surface area contributed by atoms with Gasteiger partial charge in [0.2, 0.25) is 0 Å². The Labute approximate surface area is 89.0 Å². The first-order valence-electron chi connectivity index (χ1n) is 4.80. The summed E-state index contributed by atoms with van der Waals surface area (Å²) in [5.74, 6) is -0.450. The Bertz CT molecular complexity index is 311. The molecule has 0 fully saturated rings. The van der Waals surface area contributed by atoms with Gasteiger partial charge < -0.3 is 9.94 Å². The normalized spacial score (nSPS) is 12.5. The molecule has 0 aliphatic carbocycles. The van der Waals surface area contributed by atoms with E-state index in [9.17, 15) is 10.0 Å². The van der Waals surface area contributed by atoms with Gasteiger partial charge in [-0.05, 0) is 12.5 Å². The van der Waals surface area contributed by atoms with Crippen LogP contribution in [-0.4, -0.2) is 29.9 Å². The lowest BCUT2D eigenvalue weighted by Gasteiger charge is -2.20. The molecule has 0 radical (unpaired) electrons. The Balaban J connectivity index is 2.88. The number of esters is 1. The molecule has 15 heavy (non-hydrogen) atoms. The summed E-state index contributed by atoms with van der Waals surface area (Å²) in [6.07, 6.45) is 0. The molecular weight excluding hydrogens is 194 g/mol. The number of nitrogens with zero attached hydrogens (tertiary/aromatic N) is 1. The highest BCUT2D eigenvalue weighted by Crippen LogP contribution is 2.18. The van der Waals surface area contributed by atoms with Crippen molar-refractivity contribution in [3.63, 3.8) is 0 Å². The third-order valence-corrected chi connectivity index (χ3v) is 2.00. The molecule has 0 saturated carbocycles. The molecule has 4 nitrogen and oxygen atoms in total. The van der Waals surface area contributed by atoms with E-state index in [2.05, 4.69) is 0 Å². The molecular formula is C11H15NO3. The molecule has 0 saturated heterocycles. The number of rotatable bonds is 4. The maximum atomic E-state index is 11.6. The minimum Gasteiger partial charge on any atom is -0.464 e. The maximum absolute atomic E-state index is 11.6. The summed E-state index contributed by atoms with van der Waals surface area (Å²) in [5.41, 5.74) is 0.709. The van der Waals surface area contributed by atoms with Crippen LogP contribution in [0.2, 0.25) is 0 Å². The second-order valence-corrected chi connectivity index (χ2v) is 3.14. The molecule has 4 heteroatoms. The third-order valence-electron chi connectivity index (χ3n) is 2.00. The molecule has 0 bridgehead atoms. The van der Waals surface area contributed by atoms with Crippen molar-refractivity contribution in [2.75, 3.05) is 13.7 Å². The fourth-order valence-corrected chi connectivity index (χ4v) is 1.36. The van der Waals surface area contributed by atoms with Crippen molar-refractivity contribution in [1.82, 2.24) is 5.06 Å². The number of carbonyl (C=O) groups is 1. The van der Waals surface area contributed by atoms with Gasteiger partial charge in [0.05, 0.1) is 6.61 Å². The van der Waals surface area contributed by atoms with Crippen molar-refractivity contribution in [3.8, 4) is 0 Å². The van der Waals surface area contributed by atoms with Crippen molar-refractivity contribution in [2.24, 2.45) is 0 Å². The smallest absolute Gasteiger partial charge is 0.330 e. The van der Waals surface area contributed by atoms with E-state index in [0.717, 1.165) is 5.06 Å². The number of hydrogen-bond acceptors (Lipinski definition) is 4. The van der Waals surface area contributed by atoms with Crippen molar-refractivity contribution in [3.05, 3.63) is 35.9 Å². The second kappa shape index (κ2) is 5.48. The van der Waals surface area contributed by atoms with Gasteiger partial charge in [0.1, 0.15) is 0 Å². The quantitative estimate of drug-likeness (QED) is 0.604. The van der Waals surface area contributed by atoms with Gasteiger partial charge in [0.25, 0.3) is 0 Å². The predicted molar refractivity (Wildman–Crippen MR) is 55.4 cm³/mol. The summed E-state index contributed by atoms with van der Waals surface area (Å²) >= 11 is 0. The summed E-state index contributed by atoms with van der Waals surface area (Å²) in [6, 6.07) is 8.26. The standard InChI is InChI=1S/C11H15NO3/c1-3-15-11(13)10(12(2)14)9-7-5-4-6-8-9/h4-8,10,14H,3H2,1-2H3/t10-/m0/s1. The van der Waals surface area contributed by atoms with Crippen LogP contribution in [0.3, 0.4) is 0 Å². The number of likely N-dealkylation sites (N-methyl/N-ethyl adjacent to an activating group) is 1. The Morgan fingerprint density at radius 1 is 1.47 bits per heavy atom. The van der Waals surface area contributed by atoms with E-state index in [1.165, 1.54) is 7.05 Å². The number of benzene rings is 1. The van der Waals surface area contributed by atoms with Gasteiger partial charge in [0, 0.05) is 7.05 Å². The summed E-state index contributed by atoms with van der Waals surface area (Å²) in [5, 5.41) is 10.2. The van der Waals surface area contributed by atoms with Crippen LogP contribution < -0.4 is 0 Å². The van der Waals surface area contributed by atoms with Crippen molar-refractivity contribution in [2.45, 2.75) is 13.0 Å². The minimum absolute atomic E-state index is 0.302. The minimum atomic E-state index is -0.758. The lowest BCUT2D eigenvalue weighted by atomic mass is 10.1. The topological polar surface area (TPSA) is 49.8 Å². The summed E-state index contributed by atoms with van der Waals surface area (Å²) < 4.78 is 4.88. The van der Waals surface area contributed by atoms with Crippen molar-refractivity contribution < 1.29 is 14.7 Å². The lowest BCUT2D eigenvalue weighted by Crippen LogP contribution is -2.29. The zero-order valence-electron chi connectivity index (χ0n) is 8.88. The van der Waals surface area contributed by atoms with Crippen molar-refractivity contribution in [1.29, 1.82) is 0 Å². The predicted octanol–water partition coefficient (Wildman–Crippen LogP) is 1.61. The van der Waals surface area contributed by atoms with Gasteiger partial charge in [-0.15, -0.1) is 0 Å². The molecule has 82 valence electrons. The van der Waals surface area contributed by atoms with E-state index in [1.807, 2.05) is 18.2 Å². The largest absolute Gasteiger partial charge is 0.464 e. The van der Waals surface area contributed by atoms with E-state index in [0.29, 0.717) is 12.2 Å². The molecule has 0 aliphatic heterocycles. The highest BCUT2D eigenvalue weighted by atomic mass is 16.5. The Hall–Kier alpha value is -1.39. The average Bonchev–Trinajstić information content (AvgIpc) is 2.19. The van der Waals surface area contributed by atoms with Crippen LogP contribution in [0.5, 0.6) is 0 Å². The maximum Gasteiger partial charge on any atom is 0.330 e. The van der Waals surface area contributed by atoms with Crippen LogP contribution in [0.25, 0.3) is 0 Å². The molecule has 1 aromatic carbocycles. The Kier molecular flexibility index (Phi) is 4.27. The molecule has 0 spiro atoms. The van der Waals surface area contributed by atoms with Crippen LogP contribution in [0.1, 0.15) is 18.5 Å². The molecule has 1 atom stereocenters. The second-order valence-electron chi connectivity index (χ2n) is 3.14. The SMILES string of the molecule is CCOC(=O)[C@H](c1ccccc1)N(C)O. The molecule has 1 aromatic rings. The molecule has 1 rings (SSSR count). The highest BCUT2D eigenvalue weighted by molar-refractivity contribution is 5.77. The van der Waals surface area contributed by atoms with E-state index < -0.39 is 12.0 Å². The van der Waals surface area contributed by atoms with Gasteiger partial charge in [-0.3, -0.25) is 0 Å². The molecule has 0 aromatic heterocycles. The van der Waals surface area contributed by atoms with E-state index in [1.54, 1.807) is 19.1 Å². The zero-order chi connectivity index (χ0) is 11.3. The van der Waals surface area contributed by atoms with E-state index >= 15 is 0 Å². The fourth-order valence-electron chi connectivity index (χ4n) is 1.36. The third kappa shape index (κ3) is 3.04. The fraction of sp³-hybridized carbons (Fsp3) is 0.364. The summed E-state index contributed by atoms with van der Waals surface area (Å²) in [7, 11) is 1.43. The number of ether oxygens (including phenoxy) is 1. The Morgan fingerprint density at radius 3 is 2.53 bits per heavy atom. The van der Waals surface area contributed by atoms with Crippen LogP contribution in [0.15, 0.2) is 30.3 Å². The molecule has 1 N–H and O–H groups in total. The lowest BCUT2D eigenvalue weighted by molar-refractivity contribution is -0.169. The summed E-state index contributed by atoms with van der Waals surface area (Å²) in [4.78, 5) is 11.6. The monoisotopic (exact) mass is 209 g/mol. The van der Waals surface area contributed by atoms with E-state index in [4.69, 9.17) is 4.74 Å². The number of hydrogen-bond donors (Lipinski definition) is 1. The average molecular weight is 209 g/mol. The van der Waals surface area contributed by atoms with Crippen LogP contribution >= 0.6 is 0 Å². The van der Waals surface area contributed by atoms with Gasteiger partial charge >= 0.3 is 5.97 Å². The van der Waals surface area contributed by atoms with Gasteiger partial charge in [-0.25, -0.2) is 4.79 Å². The van der Waals surface area contributed by atoms with E-state index in [-0.39, 0.29) is 0 Å². The van der Waals surface area contributed by atoms with Gasteiger partial charge in [0.15, 0.2) is 6.04 Å². The summed E-state index contributed by atoms with van der Waals surface area (Å²) in [6.45, 7) is 2.04. The first kappa shape index (κ1) is 11.7. The molecule has 0 aliphatic rings. The van der Waals surface area contributed by atoms with Gasteiger partial charge in [-0.1, -0.05) is 30.3 Å². The first-order valence-corrected chi connectivity index (χ1v) is 4.80. The first-order chi connectivity index (χ1) is 7.16. The van der Waals surface area contributed by atoms with Crippen LogP contribution in [0, 0.1) is 0 Å². The van der Waals surface area contributed by atoms with Gasteiger partial charge in [-0.2, -0.15) is 5.06 Å². The van der Waals surface area contributed by atoms with Crippen LogP contribution in [-0.2, 0) is 9.53 Å². The molecule has 0 unspecified atom stereocenters. The number of hydroxylamine groups is 2. The molecule has 0 amide bonds. The Morgan fingerprint density at radius 2 is 2.07 bits per heavy atom. The zero-order valence-corrected chi connectivity index (χ0v) is 8.88. The molecule has 0 heterocycles. The number of carbonyl (C=O) groups excluding carboxylic acids is 1. The highest BCUT2D eigenvalue weighted by Gasteiger charge is 2.25.